The van der Waals surface area contributed by atoms with E-state index in [1.54, 1.807) is 7.05 Å². The predicted octanol–water partition coefficient (Wildman–Crippen LogP) is 2.16. The lowest BCUT2D eigenvalue weighted by molar-refractivity contribution is 1.02. The summed E-state index contributed by atoms with van der Waals surface area (Å²) in [7, 11) is 1.60. The highest BCUT2D eigenvalue weighted by Crippen LogP contribution is 2.08. The molecule has 1 rings (SSSR count). The number of thiocarbonyl (C=S) groups is 1. The molecule has 0 atom stereocenters. The summed E-state index contributed by atoms with van der Waals surface area (Å²) in [6.45, 7) is 5.65. The molecule has 0 aliphatic carbocycles. The molecule has 0 bridgehead atoms. The van der Waals surface area contributed by atoms with E-state index < -0.39 is 0 Å². The van der Waals surface area contributed by atoms with Gasteiger partial charge in [-0.1, -0.05) is 17.7 Å². The number of amidine groups is 1. The minimum absolute atomic E-state index is 0.316. The summed E-state index contributed by atoms with van der Waals surface area (Å²) in [5, 5.41) is 12.0. The van der Waals surface area contributed by atoms with Gasteiger partial charge >= 0.3 is 0 Å². The molecule has 0 aliphatic rings. The Kier molecular flexibility index (Phi) is 7.41. The SMILES string of the molecule is CN=C([S-])N/N=C(C)\C(C)=N/NC(=S)Nc1ccc(C)cc1. The molecule has 0 radical (unpaired) electrons. The van der Waals surface area contributed by atoms with Crippen molar-refractivity contribution in [2.45, 2.75) is 20.8 Å². The lowest BCUT2D eigenvalue weighted by Gasteiger charge is -2.10. The van der Waals surface area contributed by atoms with E-state index in [9.17, 15) is 0 Å². The Morgan fingerprint density at radius 3 is 2.14 bits per heavy atom. The first-order valence-corrected chi connectivity index (χ1v) is 7.36. The van der Waals surface area contributed by atoms with Crippen molar-refractivity contribution in [2.24, 2.45) is 15.2 Å². The van der Waals surface area contributed by atoms with E-state index >= 15 is 0 Å². The number of nitrogens with one attached hydrogen (secondary N) is 3. The Labute approximate surface area is 141 Å². The molecule has 6 nitrogen and oxygen atoms in total. The fraction of sp³-hybridized carbons (Fsp3) is 0.286. The maximum atomic E-state index is 5.18. The summed E-state index contributed by atoms with van der Waals surface area (Å²) in [6, 6.07) is 7.91. The summed E-state index contributed by atoms with van der Waals surface area (Å²) in [4.78, 5) is 3.77. The van der Waals surface area contributed by atoms with Gasteiger partial charge in [0.2, 0.25) is 0 Å². The zero-order valence-corrected chi connectivity index (χ0v) is 14.6. The average molecular weight is 335 g/mol. The van der Waals surface area contributed by atoms with Crippen molar-refractivity contribution in [1.82, 2.24) is 10.9 Å². The van der Waals surface area contributed by atoms with Gasteiger partial charge in [-0.15, -0.1) is 0 Å². The summed E-state index contributed by atoms with van der Waals surface area (Å²) in [5.41, 5.74) is 8.86. The van der Waals surface area contributed by atoms with E-state index in [-0.39, 0.29) is 0 Å². The fourth-order valence-electron chi connectivity index (χ4n) is 1.27. The highest BCUT2D eigenvalue weighted by atomic mass is 32.1. The van der Waals surface area contributed by atoms with Crippen LogP contribution in [0.25, 0.3) is 0 Å². The monoisotopic (exact) mass is 335 g/mol. The van der Waals surface area contributed by atoms with Crippen LogP contribution < -0.4 is 16.2 Å². The molecule has 0 saturated heterocycles. The number of hydrogen-bond donors (Lipinski definition) is 3. The second kappa shape index (κ2) is 9.06. The van der Waals surface area contributed by atoms with Crippen LogP contribution in [0.15, 0.2) is 39.5 Å². The van der Waals surface area contributed by atoms with E-state index in [2.05, 4.69) is 31.4 Å². The topological polar surface area (TPSA) is 73.2 Å². The van der Waals surface area contributed by atoms with Crippen molar-refractivity contribution in [1.29, 1.82) is 0 Å². The highest BCUT2D eigenvalue weighted by Gasteiger charge is 1.99. The maximum absolute atomic E-state index is 5.18. The number of aryl methyl sites for hydroxylation is 1. The van der Waals surface area contributed by atoms with Gasteiger partial charge in [0.1, 0.15) is 0 Å². The van der Waals surface area contributed by atoms with Crippen molar-refractivity contribution in [2.75, 3.05) is 12.4 Å². The third-order valence-electron chi connectivity index (χ3n) is 2.68. The highest BCUT2D eigenvalue weighted by molar-refractivity contribution is 7.80. The van der Waals surface area contributed by atoms with Crippen LogP contribution in [-0.2, 0) is 12.6 Å². The van der Waals surface area contributed by atoms with Crippen molar-refractivity contribution >= 4 is 52.2 Å². The van der Waals surface area contributed by atoms with Gasteiger partial charge in [0, 0.05) is 12.7 Å². The molecule has 1 aromatic rings. The van der Waals surface area contributed by atoms with Crippen LogP contribution in [0.4, 0.5) is 5.69 Å². The first-order chi connectivity index (χ1) is 10.4. The molecule has 0 saturated carbocycles. The van der Waals surface area contributed by atoms with Crippen molar-refractivity contribution in [3.8, 4) is 0 Å². The van der Waals surface area contributed by atoms with Crippen LogP contribution in [-0.4, -0.2) is 28.8 Å². The Bertz CT molecular complexity index is 604. The van der Waals surface area contributed by atoms with Crippen molar-refractivity contribution in [3.05, 3.63) is 29.8 Å². The molecule has 0 unspecified atom stereocenters. The number of rotatable bonds is 4. The lowest BCUT2D eigenvalue weighted by atomic mass is 10.2. The maximum Gasteiger partial charge on any atom is 0.191 e. The van der Waals surface area contributed by atoms with Gasteiger partial charge in [-0.2, -0.15) is 10.2 Å². The van der Waals surface area contributed by atoms with Gasteiger partial charge < -0.3 is 17.9 Å². The third kappa shape index (κ3) is 6.59. The number of benzene rings is 1. The van der Waals surface area contributed by atoms with Crippen molar-refractivity contribution in [3.63, 3.8) is 0 Å². The van der Waals surface area contributed by atoms with Crippen LogP contribution in [0.3, 0.4) is 0 Å². The molecule has 118 valence electrons. The predicted molar refractivity (Wildman–Crippen MR) is 101 cm³/mol. The molecular weight excluding hydrogens is 316 g/mol. The minimum atomic E-state index is 0.316. The third-order valence-corrected chi connectivity index (χ3v) is 3.15. The van der Waals surface area contributed by atoms with Crippen LogP contribution in [0.1, 0.15) is 19.4 Å². The number of anilines is 1. The molecule has 0 fully saturated rings. The van der Waals surface area contributed by atoms with E-state index in [1.807, 2.05) is 45.0 Å². The van der Waals surface area contributed by atoms with E-state index in [0.29, 0.717) is 21.7 Å². The first kappa shape index (κ1) is 18.0. The quantitative estimate of drug-likeness (QED) is 0.258. The number of hydrazone groups is 2. The summed E-state index contributed by atoms with van der Waals surface area (Å²) < 4.78 is 0. The van der Waals surface area contributed by atoms with Crippen LogP contribution in [0.5, 0.6) is 0 Å². The van der Waals surface area contributed by atoms with Gasteiger partial charge in [0.25, 0.3) is 0 Å². The second-order valence-corrected chi connectivity index (χ2v) is 5.26. The molecule has 0 amide bonds. The summed E-state index contributed by atoms with van der Waals surface area (Å²) in [6.07, 6.45) is 0. The van der Waals surface area contributed by atoms with Gasteiger partial charge in [-0.3, -0.25) is 15.8 Å². The van der Waals surface area contributed by atoms with Crippen LogP contribution in [0, 0.1) is 6.92 Å². The number of aliphatic imine (C=N–C) groups is 1. The van der Waals surface area contributed by atoms with Crippen LogP contribution >= 0.6 is 12.2 Å². The summed E-state index contributed by atoms with van der Waals surface area (Å²) >= 11 is 10.1. The fourth-order valence-corrected chi connectivity index (χ4v) is 1.48. The normalized spacial score (nSPS) is 12.8. The van der Waals surface area contributed by atoms with Crippen molar-refractivity contribution < 1.29 is 0 Å². The number of hydrogen-bond acceptors (Lipinski definition) is 5. The second-order valence-electron chi connectivity index (χ2n) is 4.47. The first-order valence-electron chi connectivity index (χ1n) is 6.54. The Hall–Kier alpha value is -2.06. The lowest BCUT2D eigenvalue weighted by Crippen LogP contribution is -2.26. The average Bonchev–Trinajstić information content (AvgIpc) is 2.52. The molecule has 0 aliphatic heterocycles. The molecule has 3 N–H and O–H groups in total. The zero-order chi connectivity index (χ0) is 16.5. The molecular formula is C14H19N6S2-. The zero-order valence-electron chi connectivity index (χ0n) is 13.0. The molecule has 8 heteroatoms. The number of nitrogens with zero attached hydrogens (tertiary/aromatic N) is 3. The molecule has 0 heterocycles. The van der Waals surface area contributed by atoms with Gasteiger partial charge in [-0.05, 0) is 50.3 Å². The molecule has 0 spiro atoms. The Morgan fingerprint density at radius 2 is 1.59 bits per heavy atom. The van der Waals surface area contributed by atoms with E-state index in [1.165, 1.54) is 5.56 Å². The minimum Gasteiger partial charge on any atom is -0.741 e. The summed E-state index contributed by atoms with van der Waals surface area (Å²) in [5.74, 6) is 0. The Balaban J connectivity index is 2.55. The largest absolute Gasteiger partial charge is 0.741 e. The van der Waals surface area contributed by atoms with Crippen LogP contribution in [0.2, 0.25) is 0 Å². The van der Waals surface area contributed by atoms with Gasteiger partial charge in [0.15, 0.2) is 5.11 Å². The smallest absolute Gasteiger partial charge is 0.191 e. The molecule has 1 aromatic carbocycles. The molecule has 22 heavy (non-hydrogen) atoms. The van der Waals surface area contributed by atoms with Gasteiger partial charge in [-0.25, -0.2) is 0 Å². The standard InChI is InChI=1S/C14H20N6S2/c1-9-5-7-12(8-6-9)16-14(22)20-18-11(3)10(2)17-19-13(21)15-4/h5-8H,1-4H3,(H2,15,19,21)(H2,16,20,22)/p-1/b17-10-,18-11-. The Morgan fingerprint density at radius 1 is 1.05 bits per heavy atom. The van der Waals surface area contributed by atoms with E-state index in [0.717, 1.165) is 5.69 Å². The van der Waals surface area contributed by atoms with Gasteiger partial charge in [0.05, 0.1) is 11.4 Å². The molecule has 0 aromatic heterocycles. The van der Waals surface area contributed by atoms with E-state index in [4.69, 9.17) is 24.8 Å².